The van der Waals surface area contributed by atoms with Gasteiger partial charge in [0.1, 0.15) is 11.6 Å². The van der Waals surface area contributed by atoms with E-state index >= 15 is 0 Å². The quantitative estimate of drug-likeness (QED) is 0.670. The van der Waals surface area contributed by atoms with Gasteiger partial charge in [-0.05, 0) is 37.8 Å². The molecule has 5 heteroatoms. The molecule has 0 radical (unpaired) electrons. The zero-order valence-corrected chi connectivity index (χ0v) is 16.2. The fourth-order valence-corrected chi connectivity index (χ4v) is 2.91. The van der Waals surface area contributed by atoms with Gasteiger partial charge in [0.15, 0.2) is 0 Å². The van der Waals surface area contributed by atoms with Gasteiger partial charge in [-0.1, -0.05) is 66.7 Å². The summed E-state index contributed by atoms with van der Waals surface area (Å²) in [4.78, 5) is 25.4. The van der Waals surface area contributed by atoms with E-state index < -0.39 is 17.7 Å². The summed E-state index contributed by atoms with van der Waals surface area (Å²) >= 11 is 0. The van der Waals surface area contributed by atoms with E-state index in [1.54, 1.807) is 32.9 Å². The molecule has 0 saturated heterocycles. The van der Waals surface area contributed by atoms with E-state index in [4.69, 9.17) is 4.74 Å². The Morgan fingerprint density at radius 1 is 0.857 bits per heavy atom. The van der Waals surface area contributed by atoms with Crippen molar-refractivity contribution in [2.45, 2.75) is 32.4 Å². The number of rotatable bonds is 4. The predicted octanol–water partition coefficient (Wildman–Crippen LogP) is 5.04. The van der Waals surface area contributed by atoms with Crippen LogP contribution < -0.4 is 10.6 Å². The van der Waals surface area contributed by atoms with Gasteiger partial charge in [0, 0.05) is 11.1 Å². The van der Waals surface area contributed by atoms with Gasteiger partial charge in [-0.3, -0.25) is 4.79 Å². The highest BCUT2D eigenvalue weighted by atomic mass is 16.6. The van der Waals surface area contributed by atoms with E-state index in [-0.39, 0.29) is 5.91 Å². The summed E-state index contributed by atoms with van der Waals surface area (Å²) in [5.41, 5.74) is 0.707. The van der Waals surface area contributed by atoms with E-state index in [0.717, 1.165) is 10.8 Å². The first-order valence-corrected chi connectivity index (χ1v) is 9.16. The van der Waals surface area contributed by atoms with Crippen LogP contribution >= 0.6 is 0 Å². The minimum atomic E-state index is -0.880. The number of anilines is 1. The number of carbonyl (C=O) groups excluding carboxylic acids is 2. The topological polar surface area (TPSA) is 67.4 Å². The molecule has 144 valence electrons. The third-order valence-corrected chi connectivity index (χ3v) is 4.10. The number of amides is 2. The zero-order valence-electron chi connectivity index (χ0n) is 16.2. The predicted molar refractivity (Wildman–Crippen MR) is 111 cm³/mol. The van der Waals surface area contributed by atoms with Crippen molar-refractivity contribution in [2.24, 2.45) is 0 Å². The first-order valence-electron chi connectivity index (χ1n) is 9.16. The fourth-order valence-electron chi connectivity index (χ4n) is 2.91. The zero-order chi connectivity index (χ0) is 20.1. The lowest BCUT2D eigenvalue weighted by Crippen LogP contribution is -2.40. The van der Waals surface area contributed by atoms with Gasteiger partial charge in [0.2, 0.25) is 0 Å². The van der Waals surface area contributed by atoms with Crippen LogP contribution in [-0.2, 0) is 9.53 Å². The lowest BCUT2D eigenvalue weighted by molar-refractivity contribution is -0.118. The SMILES string of the molecule is CC(C)(C)OC(=O)NC(C(=O)Nc1cccc2ccccc12)c1ccccc1. The van der Waals surface area contributed by atoms with Gasteiger partial charge >= 0.3 is 6.09 Å². The number of hydrogen-bond donors (Lipinski definition) is 2. The molecule has 2 amide bonds. The summed E-state index contributed by atoms with van der Waals surface area (Å²) in [5.74, 6) is -0.339. The molecule has 0 bridgehead atoms. The van der Waals surface area contributed by atoms with Crippen molar-refractivity contribution in [1.29, 1.82) is 0 Å². The second kappa shape index (κ2) is 8.13. The van der Waals surface area contributed by atoms with E-state index in [1.807, 2.05) is 60.7 Å². The Balaban J connectivity index is 1.87. The normalized spacial score (nSPS) is 12.2. The molecule has 0 aliphatic heterocycles. The number of carbonyl (C=O) groups is 2. The van der Waals surface area contributed by atoms with Crippen molar-refractivity contribution in [3.05, 3.63) is 78.4 Å². The maximum atomic E-state index is 13.1. The summed E-state index contributed by atoms with van der Waals surface area (Å²) in [6, 6.07) is 21.7. The summed E-state index contributed by atoms with van der Waals surface area (Å²) in [7, 11) is 0. The number of benzene rings is 3. The largest absolute Gasteiger partial charge is 0.444 e. The highest BCUT2D eigenvalue weighted by Crippen LogP contribution is 2.25. The molecule has 0 heterocycles. The van der Waals surface area contributed by atoms with Crippen LogP contribution in [0.2, 0.25) is 0 Å². The van der Waals surface area contributed by atoms with E-state index in [9.17, 15) is 9.59 Å². The standard InChI is InChI=1S/C23H24N2O3/c1-23(2,3)28-22(27)25-20(17-11-5-4-6-12-17)21(26)24-19-15-9-13-16-10-7-8-14-18(16)19/h4-15,20H,1-3H3,(H,24,26)(H,25,27). The molecule has 3 aromatic carbocycles. The molecule has 28 heavy (non-hydrogen) atoms. The molecule has 0 spiro atoms. The molecule has 3 rings (SSSR count). The first-order chi connectivity index (χ1) is 13.3. The van der Waals surface area contributed by atoms with Crippen molar-refractivity contribution >= 4 is 28.5 Å². The molecule has 0 saturated carbocycles. The van der Waals surface area contributed by atoms with Crippen molar-refractivity contribution in [1.82, 2.24) is 5.32 Å². The van der Waals surface area contributed by atoms with Crippen LogP contribution in [0.15, 0.2) is 72.8 Å². The van der Waals surface area contributed by atoms with Crippen molar-refractivity contribution in [3.63, 3.8) is 0 Å². The Bertz CT molecular complexity index is 973. The number of alkyl carbamates (subject to hydrolysis) is 1. The van der Waals surface area contributed by atoms with Crippen LogP contribution in [0.5, 0.6) is 0 Å². The van der Waals surface area contributed by atoms with Crippen molar-refractivity contribution in [3.8, 4) is 0 Å². The van der Waals surface area contributed by atoms with Gasteiger partial charge < -0.3 is 15.4 Å². The Labute approximate surface area is 164 Å². The van der Waals surface area contributed by atoms with Crippen LogP contribution in [0.3, 0.4) is 0 Å². The van der Waals surface area contributed by atoms with Crippen molar-refractivity contribution < 1.29 is 14.3 Å². The van der Waals surface area contributed by atoms with Gasteiger partial charge in [-0.2, -0.15) is 0 Å². The maximum Gasteiger partial charge on any atom is 0.408 e. The minimum Gasteiger partial charge on any atom is -0.444 e. The fraction of sp³-hybridized carbons (Fsp3) is 0.217. The lowest BCUT2D eigenvalue weighted by Gasteiger charge is -2.23. The molecule has 0 fully saturated rings. The number of fused-ring (bicyclic) bond motifs is 1. The minimum absolute atomic E-state index is 0.339. The molecule has 5 nitrogen and oxygen atoms in total. The van der Waals surface area contributed by atoms with Gasteiger partial charge in [0.25, 0.3) is 5.91 Å². The van der Waals surface area contributed by atoms with Crippen LogP contribution in [0, 0.1) is 0 Å². The molecule has 0 aliphatic carbocycles. The number of nitrogens with one attached hydrogen (secondary N) is 2. The smallest absolute Gasteiger partial charge is 0.408 e. The van der Waals surface area contributed by atoms with Gasteiger partial charge in [0.05, 0.1) is 0 Å². The average molecular weight is 376 g/mol. The summed E-state index contributed by atoms with van der Waals surface area (Å²) in [6.07, 6.45) is -0.644. The Hall–Kier alpha value is -3.34. The Morgan fingerprint density at radius 3 is 2.21 bits per heavy atom. The highest BCUT2D eigenvalue weighted by Gasteiger charge is 2.26. The van der Waals surface area contributed by atoms with Crippen LogP contribution in [0.25, 0.3) is 10.8 Å². The molecule has 0 aromatic heterocycles. The highest BCUT2D eigenvalue weighted by molar-refractivity contribution is 6.04. The second-order valence-electron chi connectivity index (χ2n) is 7.51. The second-order valence-corrected chi connectivity index (χ2v) is 7.51. The van der Waals surface area contributed by atoms with E-state index in [1.165, 1.54) is 0 Å². The molecule has 0 aliphatic rings. The van der Waals surface area contributed by atoms with Gasteiger partial charge in [-0.25, -0.2) is 4.79 Å². The molecular formula is C23H24N2O3. The van der Waals surface area contributed by atoms with Crippen LogP contribution in [0.1, 0.15) is 32.4 Å². The maximum absolute atomic E-state index is 13.1. The first kappa shape index (κ1) is 19.4. The molecule has 3 aromatic rings. The third-order valence-electron chi connectivity index (χ3n) is 4.10. The third kappa shape index (κ3) is 4.88. The summed E-state index contributed by atoms with van der Waals surface area (Å²) in [5, 5.41) is 7.58. The van der Waals surface area contributed by atoms with Crippen LogP contribution in [-0.4, -0.2) is 17.6 Å². The molecule has 1 unspecified atom stereocenters. The number of ether oxygens (including phenoxy) is 1. The van der Waals surface area contributed by atoms with E-state index in [0.29, 0.717) is 11.3 Å². The average Bonchev–Trinajstić information content (AvgIpc) is 2.65. The van der Waals surface area contributed by atoms with E-state index in [2.05, 4.69) is 10.6 Å². The molecule has 2 N–H and O–H groups in total. The van der Waals surface area contributed by atoms with Gasteiger partial charge in [-0.15, -0.1) is 0 Å². The summed E-state index contributed by atoms with van der Waals surface area (Å²) < 4.78 is 5.33. The summed E-state index contributed by atoms with van der Waals surface area (Å²) in [6.45, 7) is 5.33. The lowest BCUT2D eigenvalue weighted by atomic mass is 10.1. The Morgan fingerprint density at radius 2 is 1.50 bits per heavy atom. The number of hydrogen-bond acceptors (Lipinski definition) is 3. The van der Waals surface area contributed by atoms with Crippen molar-refractivity contribution in [2.75, 3.05) is 5.32 Å². The molecule has 1 atom stereocenters. The van der Waals surface area contributed by atoms with Crippen LogP contribution in [0.4, 0.5) is 10.5 Å². The molecular weight excluding hydrogens is 352 g/mol. The monoisotopic (exact) mass is 376 g/mol. The Kier molecular flexibility index (Phi) is 5.64.